The number of halogens is 1. The number of hydrogen-bond donors (Lipinski definition) is 1. The fraction of sp³-hybridized carbons (Fsp3) is 0.200. The van der Waals surface area contributed by atoms with E-state index in [4.69, 9.17) is 4.42 Å². The van der Waals surface area contributed by atoms with Crippen LogP contribution in [-0.2, 0) is 6.54 Å². The van der Waals surface area contributed by atoms with Crippen LogP contribution in [0.1, 0.15) is 11.5 Å². The summed E-state index contributed by atoms with van der Waals surface area (Å²) in [6, 6.07) is 3.90. The fourth-order valence-corrected chi connectivity index (χ4v) is 1.68. The molecule has 15 heavy (non-hydrogen) atoms. The Morgan fingerprint density at radius 1 is 1.47 bits per heavy atom. The molecule has 0 saturated heterocycles. The maximum absolute atomic E-state index is 5.44. The van der Waals surface area contributed by atoms with E-state index in [1.165, 1.54) is 6.33 Å². The van der Waals surface area contributed by atoms with Gasteiger partial charge in [0.2, 0.25) is 0 Å². The second-order valence-corrected chi connectivity index (χ2v) is 4.25. The Hall–Kier alpha value is -1.11. The molecule has 2 aromatic heterocycles. The van der Waals surface area contributed by atoms with Gasteiger partial charge in [-0.3, -0.25) is 0 Å². The molecule has 4 nitrogen and oxygen atoms in total. The van der Waals surface area contributed by atoms with Crippen LogP contribution in [0.2, 0.25) is 0 Å². The molecule has 0 atom stereocenters. The van der Waals surface area contributed by atoms with Gasteiger partial charge < -0.3 is 9.73 Å². The molecule has 2 rings (SSSR count). The molecule has 0 fully saturated rings. The molecule has 0 radical (unpaired) electrons. The van der Waals surface area contributed by atoms with Gasteiger partial charge in [-0.15, -0.1) is 0 Å². The highest BCUT2D eigenvalue weighted by molar-refractivity contribution is 14.1. The van der Waals surface area contributed by atoms with Crippen molar-refractivity contribution < 1.29 is 4.42 Å². The number of aromatic nitrogens is 2. The summed E-state index contributed by atoms with van der Waals surface area (Å²) < 4.78 is 6.44. The largest absolute Gasteiger partial charge is 0.465 e. The molecule has 5 heteroatoms. The Kier molecular flexibility index (Phi) is 3.20. The van der Waals surface area contributed by atoms with Crippen LogP contribution in [-0.4, -0.2) is 9.97 Å². The molecule has 2 heterocycles. The Balaban J connectivity index is 2.02. The lowest BCUT2D eigenvalue weighted by atomic mass is 10.4. The molecule has 0 unspecified atom stereocenters. The van der Waals surface area contributed by atoms with Crippen LogP contribution < -0.4 is 5.32 Å². The van der Waals surface area contributed by atoms with Gasteiger partial charge >= 0.3 is 0 Å². The number of furan rings is 1. The summed E-state index contributed by atoms with van der Waals surface area (Å²) in [4.78, 5) is 8.05. The summed E-state index contributed by atoms with van der Waals surface area (Å²) in [5.41, 5.74) is 0. The first-order valence-electron chi connectivity index (χ1n) is 4.50. The van der Waals surface area contributed by atoms with Crippen molar-refractivity contribution in [2.24, 2.45) is 0 Å². The topological polar surface area (TPSA) is 51.0 Å². The average molecular weight is 315 g/mol. The fourth-order valence-electron chi connectivity index (χ4n) is 1.19. The third kappa shape index (κ3) is 2.68. The lowest BCUT2D eigenvalue weighted by molar-refractivity contribution is 0.490. The lowest BCUT2D eigenvalue weighted by Gasteiger charge is -2.04. The normalized spacial score (nSPS) is 10.3. The molecule has 0 aliphatic heterocycles. The van der Waals surface area contributed by atoms with E-state index in [-0.39, 0.29) is 0 Å². The van der Waals surface area contributed by atoms with E-state index in [0.717, 1.165) is 20.9 Å². The van der Waals surface area contributed by atoms with Crippen molar-refractivity contribution in [3.05, 3.63) is 39.7 Å². The molecule has 0 bridgehead atoms. The van der Waals surface area contributed by atoms with E-state index in [9.17, 15) is 0 Å². The van der Waals surface area contributed by atoms with Gasteiger partial charge in [0.05, 0.1) is 10.1 Å². The minimum Gasteiger partial charge on any atom is -0.465 e. The van der Waals surface area contributed by atoms with Crippen LogP contribution in [0.15, 0.2) is 29.1 Å². The molecule has 0 amide bonds. The van der Waals surface area contributed by atoms with E-state index in [1.807, 2.05) is 19.1 Å². The second kappa shape index (κ2) is 4.61. The van der Waals surface area contributed by atoms with Crippen LogP contribution in [0.3, 0.4) is 0 Å². The summed E-state index contributed by atoms with van der Waals surface area (Å²) in [6.07, 6.45) is 3.29. The van der Waals surface area contributed by atoms with Gasteiger partial charge in [-0.05, 0) is 41.6 Å². The van der Waals surface area contributed by atoms with Crippen LogP contribution in [0.4, 0.5) is 5.82 Å². The minimum absolute atomic E-state index is 0.640. The molecule has 78 valence electrons. The third-order valence-corrected chi connectivity index (χ3v) is 2.68. The summed E-state index contributed by atoms with van der Waals surface area (Å²) >= 11 is 2.19. The number of hydrogen-bond acceptors (Lipinski definition) is 4. The number of anilines is 1. The first-order chi connectivity index (χ1) is 7.25. The number of aryl methyl sites for hydroxylation is 1. The van der Waals surface area contributed by atoms with Crippen LogP contribution in [0, 0.1) is 10.5 Å². The zero-order chi connectivity index (χ0) is 10.7. The van der Waals surface area contributed by atoms with Crippen molar-refractivity contribution in [1.82, 2.24) is 9.97 Å². The first-order valence-corrected chi connectivity index (χ1v) is 5.58. The van der Waals surface area contributed by atoms with E-state index < -0.39 is 0 Å². The zero-order valence-corrected chi connectivity index (χ0v) is 10.4. The molecule has 0 aliphatic carbocycles. The molecular weight excluding hydrogens is 305 g/mol. The van der Waals surface area contributed by atoms with Gasteiger partial charge in [-0.25, -0.2) is 9.97 Å². The van der Waals surface area contributed by atoms with Crippen molar-refractivity contribution in [1.29, 1.82) is 0 Å². The predicted octanol–water partition coefficient (Wildman–Crippen LogP) is 2.59. The van der Waals surface area contributed by atoms with Crippen molar-refractivity contribution in [3.8, 4) is 0 Å². The van der Waals surface area contributed by atoms with Gasteiger partial charge in [-0.2, -0.15) is 0 Å². The Bertz CT molecular complexity index is 455. The number of nitrogens with zero attached hydrogens (tertiary/aromatic N) is 2. The maximum Gasteiger partial charge on any atom is 0.143 e. The summed E-state index contributed by atoms with van der Waals surface area (Å²) in [5, 5.41) is 3.19. The number of rotatable bonds is 3. The first kappa shape index (κ1) is 10.4. The second-order valence-electron chi connectivity index (χ2n) is 3.09. The van der Waals surface area contributed by atoms with E-state index in [0.29, 0.717) is 6.54 Å². The van der Waals surface area contributed by atoms with Crippen LogP contribution in [0.5, 0.6) is 0 Å². The van der Waals surface area contributed by atoms with Crippen molar-refractivity contribution >= 4 is 28.4 Å². The maximum atomic E-state index is 5.44. The van der Waals surface area contributed by atoms with Crippen LogP contribution in [0.25, 0.3) is 0 Å². The highest BCUT2D eigenvalue weighted by atomic mass is 127. The number of nitrogens with one attached hydrogen (secondary N) is 1. The molecule has 0 saturated carbocycles. The Morgan fingerprint density at radius 2 is 2.33 bits per heavy atom. The molecule has 0 aromatic carbocycles. The summed E-state index contributed by atoms with van der Waals surface area (Å²) in [6.45, 7) is 2.57. The van der Waals surface area contributed by atoms with E-state index in [2.05, 4.69) is 37.9 Å². The highest BCUT2D eigenvalue weighted by Crippen LogP contribution is 2.14. The monoisotopic (exact) mass is 315 g/mol. The quantitative estimate of drug-likeness (QED) is 0.885. The van der Waals surface area contributed by atoms with Crippen molar-refractivity contribution in [3.63, 3.8) is 0 Å². The molecule has 0 aliphatic rings. The molecule has 0 spiro atoms. The molecule has 1 N–H and O–H groups in total. The van der Waals surface area contributed by atoms with Gasteiger partial charge in [0.15, 0.2) is 0 Å². The van der Waals surface area contributed by atoms with E-state index >= 15 is 0 Å². The molecular formula is C10H10IN3O. The van der Waals surface area contributed by atoms with Gasteiger partial charge in [0.25, 0.3) is 0 Å². The summed E-state index contributed by atoms with van der Waals surface area (Å²) in [5.74, 6) is 2.66. The van der Waals surface area contributed by atoms with Crippen molar-refractivity contribution in [2.75, 3.05) is 5.32 Å². The van der Waals surface area contributed by atoms with Gasteiger partial charge in [0, 0.05) is 6.20 Å². The SMILES string of the molecule is Cc1ccc(CNc2ncncc2I)o1. The standard InChI is InChI=1S/C10H10IN3O/c1-7-2-3-8(15-7)4-13-10-9(11)5-12-6-14-10/h2-3,5-6H,4H2,1H3,(H,12,13,14). The molecule has 2 aromatic rings. The third-order valence-electron chi connectivity index (χ3n) is 1.89. The minimum atomic E-state index is 0.640. The zero-order valence-electron chi connectivity index (χ0n) is 8.20. The predicted molar refractivity (Wildman–Crippen MR) is 65.5 cm³/mol. The van der Waals surface area contributed by atoms with Gasteiger partial charge in [-0.1, -0.05) is 0 Å². The van der Waals surface area contributed by atoms with Gasteiger partial charge in [0.1, 0.15) is 23.7 Å². The smallest absolute Gasteiger partial charge is 0.143 e. The Morgan fingerprint density at radius 3 is 3.00 bits per heavy atom. The Labute approximate surface area is 101 Å². The lowest BCUT2D eigenvalue weighted by Crippen LogP contribution is -2.02. The van der Waals surface area contributed by atoms with E-state index in [1.54, 1.807) is 6.20 Å². The summed E-state index contributed by atoms with van der Waals surface area (Å²) in [7, 11) is 0. The van der Waals surface area contributed by atoms with Crippen LogP contribution >= 0.6 is 22.6 Å². The van der Waals surface area contributed by atoms with Crippen molar-refractivity contribution in [2.45, 2.75) is 13.5 Å². The average Bonchev–Trinajstić information content (AvgIpc) is 2.63. The highest BCUT2D eigenvalue weighted by Gasteiger charge is 2.02.